The number of halogens is 2. The molecule has 2 nitrogen and oxygen atoms in total. The van der Waals surface area contributed by atoms with E-state index in [0.717, 1.165) is 44.5 Å². The van der Waals surface area contributed by atoms with E-state index in [4.69, 9.17) is 27.9 Å². The number of nitrogens with zero attached hydrogens (tertiary/aromatic N) is 1. The van der Waals surface area contributed by atoms with E-state index in [1.807, 2.05) is 24.3 Å². The van der Waals surface area contributed by atoms with Gasteiger partial charge in [0.25, 0.3) is 0 Å². The second-order valence-corrected chi connectivity index (χ2v) is 9.05. The van der Waals surface area contributed by atoms with Gasteiger partial charge in [-0.15, -0.1) is 0 Å². The van der Waals surface area contributed by atoms with Gasteiger partial charge in [0.15, 0.2) is 0 Å². The zero-order chi connectivity index (χ0) is 23.3. The van der Waals surface area contributed by atoms with E-state index in [0.29, 0.717) is 10.0 Å². The quantitative estimate of drug-likeness (QED) is 0.315. The van der Waals surface area contributed by atoms with Crippen LogP contribution in [0.1, 0.15) is 58.6 Å². The van der Waals surface area contributed by atoms with Gasteiger partial charge in [0, 0.05) is 23.1 Å². The molecule has 2 atom stereocenters. The highest BCUT2D eigenvalue weighted by Crippen LogP contribution is 2.30. The molecule has 2 rings (SSSR count). The van der Waals surface area contributed by atoms with E-state index >= 15 is 0 Å². The van der Waals surface area contributed by atoms with Crippen LogP contribution in [0, 0.1) is 0 Å². The Morgan fingerprint density at radius 3 is 2.44 bits per heavy atom. The Bertz CT molecular complexity index is 846. The van der Waals surface area contributed by atoms with Crippen LogP contribution < -0.4 is 0 Å². The van der Waals surface area contributed by atoms with Gasteiger partial charge in [-0.3, -0.25) is 0 Å². The standard InChI is InChI=1S/C28H37Cl2NO/c1-5-11-23(7-3)14-17-31(16-6-2)18-15-27-22(4)12-9-8-10-13-28(32-27)24-19-25(29)21-26(30)20-24/h5,7-13,19-21,27-28H,6,14-18H2,1-4H3/b9-8-,11-5-,13-10+,22-12+,23-7+. The van der Waals surface area contributed by atoms with Crippen LogP contribution in [0.4, 0.5) is 0 Å². The van der Waals surface area contributed by atoms with Gasteiger partial charge >= 0.3 is 0 Å². The highest BCUT2D eigenvalue weighted by Gasteiger charge is 2.20. The van der Waals surface area contributed by atoms with Crippen molar-refractivity contribution in [3.63, 3.8) is 0 Å². The van der Waals surface area contributed by atoms with Crippen molar-refractivity contribution >= 4 is 23.2 Å². The molecule has 1 heterocycles. The minimum Gasteiger partial charge on any atom is -0.362 e. The zero-order valence-corrected chi connectivity index (χ0v) is 21.4. The van der Waals surface area contributed by atoms with Crippen LogP contribution >= 0.6 is 23.2 Å². The lowest BCUT2D eigenvalue weighted by molar-refractivity contribution is 0.0234. The molecule has 1 aliphatic rings. The molecule has 0 aliphatic carbocycles. The molecule has 0 bridgehead atoms. The topological polar surface area (TPSA) is 12.5 Å². The second kappa shape index (κ2) is 14.5. The number of hydrogen-bond acceptors (Lipinski definition) is 2. The third-order valence-corrected chi connectivity index (χ3v) is 6.05. The molecule has 32 heavy (non-hydrogen) atoms. The number of ether oxygens (including phenoxy) is 1. The normalized spacial score (nSPS) is 23.5. The van der Waals surface area contributed by atoms with Gasteiger partial charge in [-0.05, 0) is 75.9 Å². The van der Waals surface area contributed by atoms with Crippen molar-refractivity contribution in [3.8, 4) is 0 Å². The fourth-order valence-electron chi connectivity index (χ4n) is 3.88. The second-order valence-electron chi connectivity index (χ2n) is 8.17. The molecule has 0 fully saturated rings. The predicted molar refractivity (Wildman–Crippen MR) is 141 cm³/mol. The SMILES string of the molecule is C/C=C\C(=C/C)CCN(CCC)CCC1OC(c2cc(Cl)cc(Cl)c2)/C=C/C=C\C=C\1C. The first-order valence-corrected chi connectivity index (χ1v) is 12.4. The van der Waals surface area contributed by atoms with Gasteiger partial charge in [0.1, 0.15) is 6.10 Å². The minimum atomic E-state index is -0.203. The Labute approximate surface area is 204 Å². The molecule has 0 aromatic heterocycles. The molecule has 174 valence electrons. The first-order valence-electron chi connectivity index (χ1n) is 11.6. The fourth-order valence-corrected chi connectivity index (χ4v) is 4.42. The summed E-state index contributed by atoms with van der Waals surface area (Å²) in [4.78, 5) is 2.55. The van der Waals surface area contributed by atoms with Crippen LogP contribution in [0.2, 0.25) is 10.0 Å². The molecule has 0 saturated heterocycles. The van der Waals surface area contributed by atoms with Crippen molar-refractivity contribution in [1.29, 1.82) is 0 Å². The Morgan fingerprint density at radius 2 is 1.78 bits per heavy atom. The smallest absolute Gasteiger partial charge is 0.102 e. The monoisotopic (exact) mass is 473 g/mol. The van der Waals surface area contributed by atoms with Crippen LogP contribution in [0.25, 0.3) is 0 Å². The van der Waals surface area contributed by atoms with Crippen LogP contribution in [0.3, 0.4) is 0 Å². The van der Waals surface area contributed by atoms with Crippen LogP contribution in [-0.2, 0) is 4.74 Å². The van der Waals surface area contributed by atoms with E-state index in [-0.39, 0.29) is 12.2 Å². The average molecular weight is 475 g/mol. The van der Waals surface area contributed by atoms with Crippen molar-refractivity contribution < 1.29 is 4.74 Å². The number of rotatable bonds is 10. The lowest BCUT2D eigenvalue weighted by Gasteiger charge is -2.28. The van der Waals surface area contributed by atoms with Crippen LogP contribution in [0.5, 0.6) is 0 Å². The van der Waals surface area contributed by atoms with Crippen molar-refractivity contribution in [3.05, 3.63) is 93.6 Å². The first-order chi connectivity index (χ1) is 15.5. The van der Waals surface area contributed by atoms with Gasteiger partial charge in [-0.1, -0.05) is 84.3 Å². The molecular weight excluding hydrogens is 437 g/mol. The van der Waals surface area contributed by atoms with E-state index in [9.17, 15) is 0 Å². The maximum atomic E-state index is 6.63. The molecule has 0 saturated carbocycles. The summed E-state index contributed by atoms with van der Waals surface area (Å²) >= 11 is 12.5. The zero-order valence-electron chi connectivity index (χ0n) is 19.9. The molecule has 1 aromatic rings. The Kier molecular flexibility index (Phi) is 12.1. The van der Waals surface area contributed by atoms with Gasteiger partial charge in [0.2, 0.25) is 0 Å². The molecule has 1 aliphatic heterocycles. The van der Waals surface area contributed by atoms with Gasteiger partial charge in [-0.2, -0.15) is 0 Å². The van der Waals surface area contributed by atoms with Gasteiger partial charge in [0.05, 0.1) is 6.10 Å². The third kappa shape index (κ3) is 9.11. The molecule has 2 unspecified atom stereocenters. The number of benzene rings is 1. The van der Waals surface area contributed by atoms with E-state index in [1.54, 1.807) is 6.07 Å². The Hall–Kier alpha value is -1.58. The van der Waals surface area contributed by atoms with Gasteiger partial charge < -0.3 is 9.64 Å². The van der Waals surface area contributed by atoms with Crippen molar-refractivity contribution in [1.82, 2.24) is 4.90 Å². The lowest BCUT2D eigenvalue weighted by Crippen LogP contribution is -2.31. The molecule has 0 radical (unpaired) electrons. The highest BCUT2D eigenvalue weighted by atomic mass is 35.5. The molecule has 4 heteroatoms. The van der Waals surface area contributed by atoms with E-state index in [1.165, 1.54) is 11.1 Å². The van der Waals surface area contributed by atoms with Gasteiger partial charge in [-0.25, -0.2) is 0 Å². The number of allylic oxidation sites excluding steroid dienone is 7. The maximum absolute atomic E-state index is 6.63. The summed E-state index contributed by atoms with van der Waals surface area (Å²) in [6.07, 6.45) is 19.8. The molecule has 1 aromatic carbocycles. The summed E-state index contributed by atoms with van der Waals surface area (Å²) in [5, 5.41) is 1.25. The summed E-state index contributed by atoms with van der Waals surface area (Å²) in [6, 6.07) is 5.62. The Balaban J connectivity index is 2.13. The predicted octanol–water partition coefficient (Wildman–Crippen LogP) is 8.51. The molecule has 0 N–H and O–H groups in total. The Morgan fingerprint density at radius 1 is 1.03 bits per heavy atom. The van der Waals surface area contributed by atoms with Crippen LogP contribution in [-0.4, -0.2) is 30.6 Å². The summed E-state index contributed by atoms with van der Waals surface area (Å²) in [6.45, 7) is 11.7. The molecular formula is C28H37Cl2NO. The average Bonchev–Trinajstić information content (AvgIpc) is 2.84. The summed E-state index contributed by atoms with van der Waals surface area (Å²) in [5.41, 5.74) is 3.58. The van der Waals surface area contributed by atoms with Crippen LogP contribution in [0.15, 0.2) is 78.0 Å². The number of hydrogen-bond donors (Lipinski definition) is 0. The van der Waals surface area contributed by atoms with Crippen molar-refractivity contribution in [2.75, 3.05) is 19.6 Å². The third-order valence-electron chi connectivity index (χ3n) is 5.61. The molecule has 0 spiro atoms. The summed E-state index contributed by atoms with van der Waals surface area (Å²) in [5.74, 6) is 0. The minimum absolute atomic E-state index is 0.0150. The summed E-state index contributed by atoms with van der Waals surface area (Å²) in [7, 11) is 0. The van der Waals surface area contributed by atoms with Crippen molar-refractivity contribution in [2.45, 2.75) is 59.2 Å². The largest absolute Gasteiger partial charge is 0.362 e. The highest BCUT2D eigenvalue weighted by molar-refractivity contribution is 6.34. The lowest BCUT2D eigenvalue weighted by atomic mass is 10.0. The first kappa shape index (κ1) is 26.7. The maximum Gasteiger partial charge on any atom is 0.102 e. The van der Waals surface area contributed by atoms with Crippen molar-refractivity contribution in [2.24, 2.45) is 0 Å². The summed E-state index contributed by atoms with van der Waals surface area (Å²) < 4.78 is 6.63. The molecule has 0 amide bonds. The van der Waals surface area contributed by atoms with E-state index in [2.05, 4.69) is 69.1 Å². The van der Waals surface area contributed by atoms with E-state index < -0.39 is 0 Å². The fraction of sp³-hybridized carbons (Fsp3) is 0.429.